The van der Waals surface area contributed by atoms with Crippen molar-refractivity contribution in [3.05, 3.63) is 28.3 Å². The summed E-state index contributed by atoms with van der Waals surface area (Å²) in [5.74, 6) is 3.15. The van der Waals surface area contributed by atoms with Gasteiger partial charge in [0.1, 0.15) is 5.00 Å². The normalized spacial score (nSPS) is 29.4. The van der Waals surface area contributed by atoms with Crippen molar-refractivity contribution in [2.24, 2.45) is 17.8 Å². The molecule has 8 heteroatoms. The van der Waals surface area contributed by atoms with Crippen LogP contribution in [0.4, 0.5) is 10.8 Å². The Balaban J connectivity index is 1.18. The topological polar surface area (TPSA) is 68.2 Å². The van der Waals surface area contributed by atoms with Gasteiger partial charge in [0.25, 0.3) is 0 Å². The van der Waals surface area contributed by atoms with Crippen LogP contribution < -0.4 is 10.6 Å². The lowest BCUT2D eigenvalue weighted by atomic mass is 9.53. The average Bonchev–Trinajstić information content (AvgIpc) is 3.31. The first kappa shape index (κ1) is 22.5. The highest BCUT2D eigenvalue weighted by Gasteiger charge is 2.52. The number of nitrogens with one attached hydrogen (secondary N) is 2. The molecule has 4 saturated carbocycles. The van der Waals surface area contributed by atoms with Crippen molar-refractivity contribution < 1.29 is 9.53 Å². The summed E-state index contributed by atoms with van der Waals surface area (Å²) in [6, 6.07) is 2.03. The lowest BCUT2D eigenvalue weighted by Gasteiger charge is -2.56. The number of carbonyl (C=O) groups excluding carboxylic acids is 1. The fraction of sp³-hybridized carbons (Fsp3) is 0.654. The molecule has 0 atom stereocenters. The molecule has 6 nitrogen and oxygen atoms in total. The molecule has 2 heterocycles. The van der Waals surface area contributed by atoms with Crippen LogP contribution in [0.1, 0.15) is 85.5 Å². The van der Waals surface area contributed by atoms with Crippen LogP contribution in [-0.4, -0.2) is 27.5 Å². The van der Waals surface area contributed by atoms with Crippen LogP contribution >= 0.6 is 23.6 Å². The Kier molecular flexibility index (Phi) is 5.92. The van der Waals surface area contributed by atoms with E-state index < -0.39 is 0 Å². The minimum atomic E-state index is -0.252. The van der Waals surface area contributed by atoms with Gasteiger partial charge in [-0.2, -0.15) is 5.10 Å². The second kappa shape index (κ2) is 8.94. The molecule has 0 unspecified atom stereocenters. The maximum Gasteiger partial charge on any atom is 0.341 e. The van der Waals surface area contributed by atoms with Gasteiger partial charge in [-0.05, 0) is 107 Å². The summed E-state index contributed by atoms with van der Waals surface area (Å²) in [5, 5.41) is 12.8. The zero-order valence-corrected chi connectivity index (χ0v) is 21.5. The average molecular weight is 499 g/mol. The maximum atomic E-state index is 12.8. The van der Waals surface area contributed by atoms with Gasteiger partial charge in [-0.25, -0.2) is 4.79 Å². The number of esters is 1. The van der Waals surface area contributed by atoms with E-state index in [4.69, 9.17) is 22.1 Å². The lowest BCUT2D eigenvalue weighted by molar-refractivity contribution is -0.0492. The number of nitrogens with zero attached hydrogens (tertiary/aromatic N) is 2. The van der Waals surface area contributed by atoms with Gasteiger partial charge in [-0.3, -0.25) is 4.68 Å². The molecule has 0 spiro atoms. The molecule has 2 aromatic heterocycles. The third-order valence-electron chi connectivity index (χ3n) is 8.45. The van der Waals surface area contributed by atoms with Gasteiger partial charge < -0.3 is 15.4 Å². The number of thiocarbonyl (C=S) groups is 1. The van der Waals surface area contributed by atoms with Gasteiger partial charge >= 0.3 is 5.97 Å². The Morgan fingerprint density at radius 3 is 2.56 bits per heavy atom. The number of rotatable bonds is 5. The second-order valence-corrected chi connectivity index (χ2v) is 12.4. The van der Waals surface area contributed by atoms with Crippen LogP contribution in [0.15, 0.2) is 12.3 Å². The molecule has 0 saturated heterocycles. The lowest BCUT2D eigenvalue weighted by Crippen LogP contribution is -2.52. The quantitative estimate of drug-likeness (QED) is 0.294. The van der Waals surface area contributed by atoms with E-state index in [-0.39, 0.29) is 11.5 Å². The smallest absolute Gasteiger partial charge is 0.341 e. The first-order chi connectivity index (χ1) is 16.5. The van der Waals surface area contributed by atoms with Gasteiger partial charge in [0.15, 0.2) is 10.9 Å². The highest BCUT2D eigenvalue weighted by Crippen LogP contribution is 2.58. The molecule has 7 rings (SSSR count). The predicted octanol–water partition coefficient (Wildman–Crippen LogP) is 6.12. The molecule has 0 amide bonds. The highest BCUT2D eigenvalue weighted by molar-refractivity contribution is 7.80. The zero-order chi connectivity index (χ0) is 23.3. The minimum absolute atomic E-state index is 0.201. The number of fused-ring (bicyclic) bond motifs is 1. The van der Waals surface area contributed by atoms with Crippen molar-refractivity contribution in [2.75, 3.05) is 17.2 Å². The van der Waals surface area contributed by atoms with Crippen LogP contribution in [0.3, 0.4) is 0 Å². The molecule has 182 valence electrons. The molecular weight excluding hydrogens is 464 g/mol. The van der Waals surface area contributed by atoms with Crippen molar-refractivity contribution >= 4 is 45.5 Å². The van der Waals surface area contributed by atoms with Crippen LogP contribution in [0.25, 0.3) is 0 Å². The Hall–Kier alpha value is -1.93. The van der Waals surface area contributed by atoms with Crippen LogP contribution in [0.2, 0.25) is 0 Å². The van der Waals surface area contributed by atoms with Crippen LogP contribution in [-0.2, 0) is 23.1 Å². The van der Waals surface area contributed by atoms with E-state index in [1.54, 1.807) is 11.3 Å². The first-order valence-electron chi connectivity index (χ1n) is 13.0. The Morgan fingerprint density at radius 1 is 1.15 bits per heavy atom. The van der Waals surface area contributed by atoms with Crippen molar-refractivity contribution in [1.82, 2.24) is 9.78 Å². The molecule has 0 aliphatic heterocycles. The van der Waals surface area contributed by atoms with Crippen molar-refractivity contribution in [3.63, 3.8) is 0 Å². The van der Waals surface area contributed by atoms with E-state index in [2.05, 4.69) is 21.5 Å². The molecule has 2 N–H and O–H groups in total. The summed E-state index contributed by atoms with van der Waals surface area (Å²) in [5.41, 5.74) is 2.02. The third-order valence-corrected chi connectivity index (χ3v) is 9.86. The Morgan fingerprint density at radius 2 is 1.85 bits per heavy atom. The molecule has 4 fully saturated rings. The molecular formula is C26H34N4O2S2. The second-order valence-electron chi connectivity index (χ2n) is 10.9. The van der Waals surface area contributed by atoms with Crippen molar-refractivity contribution in [1.29, 1.82) is 0 Å². The van der Waals surface area contributed by atoms with Gasteiger partial charge in [-0.1, -0.05) is 6.42 Å². The van der Waals surface area contributed by atoms with Gasteiger partial charge in [0.05, 0.1) is 17.7 Å². The van der Waals surface area contributed by atoms with E-state index in [0.717, 1.165) is 53.4 Å². The molecule has 34 heavy (non-hydrogen) atoms. The van der Waals surface area contributed by atoms with Crippen molar-refractivity contribution in [2.45, 2.75) is 83.1 Å². The Labute approximate surface area is 210 Å². The summed E-state index contributed by atoms with van der Waals surface area (Å²) in [6.07, 6.45) is 15.6. The maximum absolute atomic E-state index is 12.8. The van der Waals surface area contributed by atoms with Crippen molar-refractivity contribution in [3.8, 4) is 0 Å². The summed E-state index contributed by atoms with van der Waals surface area (Å²) in [4.78, 5) is 14.1. The molecule has 5 aliphatic carbocycles. The Bertz CT molecular complexity index is 1070. The highest BCUT2D eigenvalue weighted by atomic mass is 32.1. The molecule has 0 aromatic carbocycles. The monoisotopic (exact) mass is 498 g/mol. The summed E-state index contributed by atoms with van der Waals surface area (Å²) in [6.45, 7) is 2.22. The summed E-state index contributed by atoms with van der Waals surface area (Å²) >= 11 is 7.30. The molecule has 0 radical (unpaired) electrons. The number of hydrogen-bond donors (Lipinski definition) is 2. The third kappa shape index (κ3) is 4.06. The molecule has 4 bridgehead atoms. The fourth-order valence-electron chi connectivity index (χ4n) is 7.50. The number of aromatic nitrogens is 2. The van der Waals surface area contributed by atoms with E-state index >= 15 is 0 Å². The number of carbonyl (C=O) groups is 1. The van der Waals surface area contributed by atoms with E-state index in [1.807, 2.05) is 13.0 Å². The first-order valence-corrected chi connectivity index (χ1v) is 14.2. The van der Waals surface area contributed by atoms with Gasteiger partial charge in [-0.15, -0.1) is 11.3 Å². The number of hydrogen-bond acceptors (Lipinski definition) is 5. The standard InChI is InChI=1S/C26H34N4O2S2/c1-2-32-24(31)22-19-6-4-3-5-7-20(19)34-23(22)28-25(33)27-21-8-9-30(29-21)26-13-16-10-17(14-26)12-18(11-16)15-26/h8-9,16-18H,2-7,10-15H2,1H3,(H2,27,28,29,33). The predicted molar refractivity (Wildman–Crippen MR) is 140 cm³/mol. The molecule has 2 aromatic rings. The number of anilines is 2. The summed E-state index contributed by atoms with van der Waals surface area (Å²) < 4.78 is 7.64. The van der Waals surface area contributed by atoms with Gasteiger partial charge in [0.2, 0.25) is 0 Å². The van der Waals surface area contributed by atoms with Crippen LogP contribution in [0.5, 0.6) is 0 Å². The van der Waals surface area contributed by atoms with E-state index in [0.29, 0.717) is 17.3 Å². The number of thiophene rings is 1. The van der Waals surface area contributed by atoms with E-state index in [1.165, 1.54) is 56.2 Å². The van der Waals surface area contributed by atoms with Gasteiger partial charge in [0, 0.05) is 17.1 Å². The molecule has 5 aliphatic rings. The van der Waals surface area contributed by atoms with E-state index in [9.17, 15) is 4.79 Å². The minimum Gasteiger partial charge on any atom is -0.462 e. The zero-order valence-electron chi connectivity index (χ0n) is 19.9. The SMILES string of the molecule is CCOC(=O)c1c(NC(=S)Nc2ccn(C34CC5CC(CC(C5)C3)C4)n2)sc2c1CCCCC2. The number of aryl methyl sites for hydroxylation is 1. The number of ether oxygens (including phenoxy) is 1. The summed E-state index contributed by atoms with van der Waals surface area (Å²) in [7, 11) is 0. The largest absolute Gasteiger partial charge is 0.462 e. The van der Waals surface area contributed by atoms with Crippen LogP contribution in [0, 0.1) is 17.8 Å². The fourth-order valence-corrected chi connectivity index (χ4v) is 9.05.